The van der Waals surface area contributed by atoms with Crippen LogP contribution in [0.4, 0.5) is 0 Å². The van der Waals surface area contributed by atoms with Crippen molar-refractivity contribution in [3.63, 3.8) is 0 Å². The number of hydrogen-bond acceptors (Lipinski definition) is 3. The van der Waals surface area contributed by atoms with Crippen LogP contribution in [-0.2, 0) is 5.41 Å². The third kappa shape index (κ3) is 4.28. The van der Waals surface area contributed by atoms with Gasteiger partial charge in [-0.1, -0.05) is 147 Å². The summed E-state index contributed by atoms with van der Waals surface area (Å²) in [5.41, 5.74) is 11.6. The van der Waals surface area contributed by atoms with Gasteiger partial charge in [-0.25, -0.2) is 4.98 Å². The summed E-state index contributed by atoms with van der Waals surface area (Å²) in [4.78, 5) is 15.3. The zero-order valence-electron chi connectivity index (χ0n) is 27.8. The minimum atomic E-state index is -0.218. The van der Waals surface area contributed by atoms with Crippen molar-refractivity contribution >= 4 is 32.6 Å². The Kier molecular flexibility index (Phi) is 6.19. The molecule has 0 fully saturated rings. The highest BCUT2D eigenvalue weighted by Gasteiger charge is 2.37. The van der Waals surface area contributed by atoms with E-state index in [1.54, 1.807) is 0 Å². The van der Waals surface area contributed by atoms with E-state index < -0.39 is 0 Å². The summed E-state index contributed by atoms with van der Waals surface area (Å²) in [7, 11) is 0. The number of rotatable bonds is 4. The van der Waals surface area contributed by atoms with Gasteiger partial charge in [0.2, 0.25) is 5.95 Å². The predicted molar refractivity (Wildman–Crippen MR) is 206 cm³/mol. The van der Waals surface area contributed by atoms with Crippen LogP contribution in [0.1, 0.15) is 25.0 Å². The smallest absolute Gasteiger partial charge is 0.238 e. The summed E-state index contributed by atoms with van der Waals surface area (Å²) in [5, 5.41) is 4.89. The largest absolute Gasteiger partial charge is 0.278 e. The molecule has 9 aromatic rings. The van der Waals surface area contributed by atoms with Crippen LogP contribution in [0.2, 0.25) is 0 Å². The van der Waals surface area contributed by atoms with Gasteiger partial charge >= 0.3 is 0 Å². The standard InChI is InChI=1S/C46H32N4/c1-46(2)39-26-32(34-22-13-19-29-14-9-10-20-33(29)34)24-25-35(39)37-27-38-36-21-11-12-23-41(36)50(42(38)28-40(37)46)45-48-43(30-15-5-3-6-16-30)47-44(49-45)31-17-7-4-8-18-31/h3-28H,1-2H3. The maximum absolute atomic E-state index is 5.15. The highest BCUT2D eigenvalue weighted by molar-refractivity contribution is 6.11. The molecule has 4 heteroatoms. The SMILES string of the molecule is CC1(C)c2cc(-c3cccc4ccccc34)ccc2-c2cc3c4ccccc4n(-c4nc(-c5ccccc5)nc(-c5ccccc5)n4)c3cc21. The lowest BCUT2D eigenvalue weighted by Gasteiger charge is -2.22. The lowest BCUT2D eigenvalue weighted by Crippen LogP contribution is -2.15. The number of fused-ring (bicyclic) bond motifs is 7. The van der Waals surface area contributed by atoms with E-state index >= 15 is 0 Å². The summed E-state index contributed by atoms with van der Waals surface area (Å²) >= 11 is 0. The average Bonchev–Trinajstić information content (AvgIpc) is 3.61. The van der Waals surface area contributed by atoms with E-state index in [1.807, 2.05) is 36.4 Å². The number of nitrogens with zero attached hydrogens (tertiary/aromatic N) is 4. The molecule has 0 spiro atoms. The fourth-order valence-electron chi connectivity index (χ4n) is 7.95. The fraction of sp³-hybridized carbons (Fsp3) is 0.0652. The molecule has 50 heavy (non-hydrogen) atoms. The van der Waals surface area contributed by atoms with Gasteiger partial charge in [0.15, 0.2) is 11.6 Å². The number of aromatic nitrogens is 4. The summed E-state index contributed by atoms with van der Waals surface area (Å²) in [6.45, 7) is 4.71. The Bertz CT molecular complexity index is 2710. The average molecular weight is 641 g/mol. The molecule has 236 valence electrons. The number of hydrogen-bond donors (Lipinski definition) is 0. The normalized spacial score (nSPS) is 13.2. The molecular weight excluding hydrogens is 609 g/mol. The topological polar surface area (TPSA) is 43.6 Å². The van der Waals surface area contributed by atoms with Crippen LogP contribution in [0.3, 0.4) is 0 Å². The van der Waals surface area contributed by atoms with Gasteiger partial charge < -0.3 is 0 Å². The number of benzene rings is 7. The van der Waals surface area contributed by atoms with Crippen LogP contribution in [-0.4, -0.2) is 19.5 Å². The van der Waals surface area contributed by atoms with Gasteiger partial charge in [-0.3, -0.25) is 4.57 Å². The fourth-order valence-corrected chi connectivity index (χ4v) is 7.95. The minimum absolute atomic E-state index is 0.218. The first kappa shape index (κ1) is 28.6. The Morgan fingerprint density at radius 2 is 1.04 bits per heavy atom. The Hall–Kier alpha value is -6.39. The molecule has 7 aromatic carbocycles. The zero-order valence-corrected chi connectivity index (χ0v) is 27.8. The Morgan fingerprint density at radius 1 is 0.420 bits per heavy atom. The van der Waals surface area contributed by atoms with Crippen molar-refractivity contribution in [2.24, 2.45) is 0 Å². The van der Waals surface area contributed by atoms with E-state index in [-0.39, 0.29) is 5.41 Å². The van der Waals surface area contributed by atoms with E-state index in [4.69, 9.17) is 15.0 Å². The Balaban J connectivity index is 1.20. The van der Waals surface area contributed by atoms with E-state index in [0.717, 1.165) is 22.2 Å². The molecule has 4 nitrogen and oxygen atoms in total. The van der Waals surface area contributed by atoms with E-state index in [1.165, 1.54) is 54.9 Å². The molecule has 0 aliphatic heterocycles. The lowest BCUT2D eigenvalue weighted by atomic mass is 9.81. The van der Waals surface area contributed by atoms with Crippen LogP contribution in [0.15, 0.2) is 158 Å². The van der Waals surface area contributed by atoms with Crippen LogP contribution in [0.5, 0.6) is 0 Å². The zero-order chi connectivity index (χ0) is 33.4. The lowest BCUT2D eigenvalue weighted by molar-refractivity contribution is 0.661. The molecule has 1 aliphatic carbocycles. The number of para-hydroxylation sites is 1. The summed E-state index contributed by atoms with van der Waals surface area (Å²) in [6, 6.07) is 56.0. The van der Waals surface area contributed by atoms with Gasteiger partial charge in [0.05, 0.1) is 11.0 Å². The van der Waals surface area contributed by atoms with E-state index in [9.17, 15) is 0 Å². The molecule has 0 N–H and O–H groups in total. The molecule has 1 aliphatic rings. The molecule has 2 aromatic heterocycles. The highest BCUT2D eigenvalue weighted by atomic mass is 15.2. The highest BCUT2D eigenvalue weighted by Crippen LogP contribution is 2.52. The predicted octanol–water partition coefficient (Wildman–Crippen LogP) is 11.4. The second-order valence-electron chi connectivity index (χ2n) is 13.7. The van der Waals surface area contributed by atoms with Gasteiger partial charge in [0.25, 0.3) is 0 Å². The molecule has 0 radical (unpaired) electrons. The van der Waals surface area contributed by atoms with Crippen LogP contribution in [0, 0.1) is 0 Å². The first-order valence-corrected chi connectivity index (χ1v) is 17.1. The van der Waals surface area contributed by atoms with Crippen molar-refractivity contribution in [1.82, 2.24) is 19.5 Å². The molecule has 10 rings (SSSR count). The van der Waals surface area contributed by atoms with E-state index in [2.05, 4.69) is 140 Å². The van der Waals surface area contributed by atoms with Crippen LogP contribution >= 0.6 is 0 Å². The second kappa shape index (κ2) is 10.8. The molecule has 0 atom stereocenters. The summed E-state index contributed by atoms with van der Waals surface area (Å²) < 4.78 is 2.23. The summed E-state index contributed by atoms with van der Waals surface area (Å²) in [5.74, 6) is 1.90. The quantitative estimate of drug-likeness (QED) is 0.192. The van der Waals surface area contributed by atoms with Crippen molar-refractivity contribution in [1.29, 1.82) is 0 Å². The Labute approximate surface area is 290 Å². The maximum atomic E-state index is 5.15. The molecule has 0 amide bonds. The van der Waals surface area contributed by atoms with Gasteiger partial charge in [-0.2, -0.15) is 9.97 Å². The summed E-state index contributed by atoms with van der Waals surface area (Å²) in [6.07, 6.45) is 0. The first-order chi connectivity index (χ1) is 24.5. The van der Waals surface area contributed by atoms with Gasteiger partial charge in [-0.05, 0) is 68.4 Å². The Morgan fingerprint density at radius 3 is 1.78 bits per heavy atom. The van der Waals surface area contributed by atoms with Crippen molar-refractivity contribution in [2.45, 2.75) is 19.3 Å². The third-order valence-electron chi connectivity index (χ3n) is 10.5. The second-order valence-corrected chi connectivity index (χ2v) is 13.7. The van der Waals surface area contributed by atoms with E-state index in [0.29, 0.717) is 17.6 Å². The molecule has 2 heterocycles. The maximum Gasteiger partial charge on any atom is 0.238 e. The van der Waals surface area contributed by atoms with Crippen molar-refractivity contribution < 1.29 is 0 Å². The van der Waals surface area contributed by atoms with Gasteiger partial charge in [0, 0.05) is 27.3 Å². The van der Waals surface area contributed by atoms with Gasteiger partial charge in [0.1, 0.15) is 0 Å². The molecule has 0 unspecified atom stereocenters. The van der Waals surface area contributed by atoms with Crippen LogP contribution < -0.4 is 0 Å². The van der Waals surface area contributed by atoms with Gasteiger partial charge in [-0.15, -0.1) is 0 Å². The third-order valence-corrected chi connectivity index (χ3v) is 10.5. The molecular formula is C46H32N4. The first-order valence-electron chi connectivity index (χ1n) is 17.1. The van der Waals surface area contributed by atoms with Crippen molar-refractivity contribution in [2.75, 3.05) is 0 Å². The van der Waals surface area contributed by atoms with Crippen LogP contribution in [0.25, 0.3) is 83.6 Å². The minimum Gasteiger partial charge on any atom is -0.278 e. The van der Waals surface area contributed by atoms with Crippen molar-refractivity contribution in [3.8, 4) is 51.0 Å². The molecule has 0 bridgehead atoms. The monoisotopic (exact) mass is 640 g/mol. The molecule has 0 saturated carbocycles. The molecule has 0 saturated heterocycles. The van der Waals surface area contributed by atoms with Crippen molar-refractivity contribution in [3.05, 3.63) is 169 Å².